The first kappa shape index (κ1) is 20.2. The molecule has 0 saturated carbocycles. The predicted molar refractivity (Wildman–Crippen MR) is 76.5 cm³/mol. The van der Waals surface area contributed by atoms with Gasteiger partial charge in [-0.25, -0.2) is 0 Å². The van der Waals surface area contributed by atoms with Gasteiger partial charge in [0.2, 0.25) is 0 Å². The molecule has 0 radical (unpaired) electrons. The van der Waals surface area contributed by atoms with E-state index in [1.54, 1.807) is 18.2 Å². The molecule has 1 rings (SSSR count). The molecule has 1 aromatic carbocycles. The summed E-state index contributed by atoms with van der Waals surface area (Å²) in [5.74, 6) is 0.684. The summed E-state index contributed by atoms with van der Waals surface area (Å²) >= 11 is 0. The van der Waals surface area contributed by atoms with Crippen LogP contribution in [-0.4, -0.2) is 43.2 Å². The van der Waals surface area contributed by atoms with E-state index in [0.29, 0.717) is 23.7 Å². The van der Waals surface area contributed by atoms with Crippen LogP contribution in [0.2, 0.25) is 0 Å². The van der Waals surface area contributed by atoms with Crippen LogP contribution in [0.5, 0.6) is 5.75 Å². The summed E-state index contributed by atoms with van der Waals surface area (Å²) in [6.45, 7) is 8.22. The average molecular weight is 292 g/mol. The number of quaternary nitrogens is 1. The number of ether oxygens (including phenoxy) is 1. The van der Waals surface area contributed by atoms with Gasteiger partial charge in [0.25, 0.3) is 0 Å². The number of anilines is 2. The molecule has 0 heterocycles. The summed E-state index contributed by atoms with van der Waals surface area (Å²) in [5.41, 5.74) is 12.8. The Kier molecular flexibility index (Phi) is 9.39. The topological polar surface area (TPSA) is 92.8 Å². The molecule has 0 bridgehead atoms. The largest absolute Gasteiger partial charge is 1.00 e. The van der Waals surface area contributed by atoms with Crippen molar-refractivity contribution in [2.24, 2.45) is 0 Å². The number of nitrogens with zero attached hydrogens (tertiary/aromatic N) is 1. The molecule has 0 fully saturated rings. The maximum absolute atomic E-state index is 5.82. The van der Waals surface area contributed by atoms with Gasteiger partial charge in [0.05, 0.1) is 25.8 Å². The fourth-order valence-corrected chi connectivity index (χ4v) is 1.59. The van der Waals surface area contributed by atoms with Gasteiger partial charge in [0.15, 0.2) is 0 Å². The highest BCUT2D eigenvalue weighted by Gasteiger charge is 2.16. The van der Waals surface area contributed by atoms with Gasteiger partial charge in [-0.15, -0.1) is 0 Å². The van der Waals surface area contributed by atoms with Crippen molar-refractivity contribution in [3.8, 4) is 5.75 Å². The maximum atomic E-state index is 5.82. The summed E-state index contributed by atoms with van der Waals surface area (Å²) in [6.07, 6.45) is 0. The van der Waals surface area contributed by atoms with Crippen LogP contribution in [-0.2, 0) is 0 Å². The SMILES string of the molecule is CC[N+](C)(CC)CCOc1cc(N)ccc1N.O.[Cl-]. The number of nitrogens with two attached hydrogens (primary N) is 2. The minimum absolute atomic E-state index is 0. The maximum Gasteiger partial charge on any atom is 0.144 e. The fourth-order valence-electron chi connectivity index (χ4n) is 1.59. The second-order valence-corrected chi connectivity index (χ2v) is 4.62. The zero-order valence-corrected chi connectivity index (χ0v) is 12.7. The van der Waals surface area contributed by atoms with Crippen LogP contribution in [0.15, 0.2) is 18.2 Å². The van der Waals surface area contributed by atoms with Gasteiger partial charge in [0, 0.05) is 11.8 Å². The molecule has 112 valence electrons. The van der Waals surface area contributed by atoms with E-state index in [0.717, 1.165) is 24.1 Å². The van der Waals surface area contributed by atoms with Crippen molar-refractivity contribution >= 4 is 11.4 Å². The Labute approximate surface area is 121 Å². The van der Waals surface area contributed by atoms with Crippen LogP contribution in [0, 0.1) is 0 Å². The Balaban J connectivity index is 0. The first-order chi connectivity index (χ1) is 8.00. The Bertz CT molecular complexity index is 371. The summed E-state index contributed by atoms with van der Waals surface area (Å²) in [4.78, 5) is 0. The summed E-state index contributed by atoms with van der Waals surface area (Å²) in [7, 11) is 2.23. The summed E-state index contributed by atoms with van der Waals surface area (Å²) in [6, 6.07) is 5.33. The van der Waals surface area contributed by atoms with Crippen molar-refractivity contribution in [2.45, 2.75) is 13.8 Å². The predicted octanol–water partition coefficient (Wildman–Crippen LogP) is -2.10. The number of hydrogen-bond donors (Lipinski definition) is 2. The van der Waals surface area contributed by atoms with Crippen LogP contribution in [0.4, 0.5) is 11.4 Å². The molecule has 0 aliphatic rings. The Morgan fingerprint density at radius 2 is 1.74 bits per heavy atom. The van der Waals surface area contributed by atoms with Crippen molar-refractivity contribution in [1.82, 2.24) is 0 Å². The highest BCUT2D eigenvalue weighted by molar-refractivity contribution is 5.59. The summed E-state index contributed by atoms with van der Waals surface area (Å²) in [5, 5.41) is 0. The number of rotatable bonds is 6. The van der Waals surface area contributed by atoms with Crippen LogP contribution in [0.1, 0.15) is 13.8 Å². The van der Waals surface area contributed by atoms with Crippen LogP contribution < -0.4 is 28.6 Å². The third kappa shape index (κ3) is 6.00. The van der Waals surface area contributed by atoms with Crippen molar-refractivity contribution in [1.29, 1.82) is 0 Å². The van der Waals surface area contributed by atoms with Crippen LogP contribution in [0.3, 0.4) is 0 Å². The third-order valence-electron chi connectivity index (χ3n) is 3.45. The normalized spacial score (nSPS) is 10.3. The average Bonchev–Trinajstić information content (AvgIpc) is 2.33. The Hall–Kier alpha value is -1.17. The molecule has 0 aliphatic heterocycles. The van der Waals surface area contributed by atoms with E-state index < -0.39 is 0 Å². The van der Waals surface area contributed by atoms with Gasteiger partial charge in [-0.3, -0.25) is 0 Å². The molecule has 6 heteroatoms. The molecule has 0 aliphatic carbocycles. The van der Waals surface area contributed by atoms with Gasteiger partial charge in [-0.2, -0.15) is 0 Å². The lowest BCUT2D eigenvalue weighted by molar-refractivity contribution is -0.906. The van der Waals surface area contributed by atoms with Crippen molar-refractivity contribution in [2.75, 3.05) is 44.8 Å². The lowest BCUT2D eigenvalue weighted by Gasteiger charge is -2.31. The molecular formula is C13H26ClN3O2. The van der Waals surface area contributed by atoms with E-state index in [-0.39, 0.29) is 17.9 Å². The van der Waals surface area contributed by atoms with Gasteiger partial charge in [-0.1, -0.05) is 0 Å². The molecule has 0 saturated heterocycles. The number of nitrogen functional groups attached to an aromatic ring is 2. The number of benzene rings is 1. The standard InChI is InChI=1S/C13H24N3O.ClH.H2O/c1-4-16(3,5-2)8-9-17-13-10-11(14)6-7-12(13)15;;/h6-7,10H,4-5,8-9,14-15H2,1-3H3;1H;1H2/q+1;;/p-1. The number of likely N-dealkylation sites (N-methyl/N-ethyl adjacent to an activating group) is 1. The zero-order valence-electron chi connectivity index (χ0n) is 11.9. The van der Waals surface area contributed by atoms with Gasteiger partial charge in [0.1, 0.15) is 18.9 Å². The second kappa shape index (κ2) is 8.85. The monoisotopic (exact) mass is 291 g/mol. The van der Waals surface area contributed by atoms with Crippen LogP contribution in [0.25, 0.3) is 0 Å². The number of halogens is 1. The van der Waals surface area contributed by atoms with Crippen molar-refractivity contribution < 1.29 is 27.1 Å². The van der Waals surface area contributed by atoms with E-state index in [9.17, 15) is 0 Å². The van der Waals surface area contributed by atoms with E-state index >= 15 is 0 Å². The second-order valence-electron chi connectivity index (χ2n) is 4.62. The molecule has 0 unspecified atom stereocenters. The van der Waals surface area contributed by atoms with Gasteiger partial charge in [-0.05, 0) is 26.0 Å². The van der Waals surface area contributed by atoms with Crippen molar-refractivity contribution in [3.63, 3.8) is 0 Å². The van der Waals surface area contributed by atoms with Crippen molar-refractivity contribution in [3.05, 3.63) is 18.2 Å². The molecule has 19 heavy (non-hydrogen) atoms. The molecule has 5 nitrogen and oxygen atoms in total. The van der Waals surface area contributed by atoms with Gasteiger partial charge < -0.3 is 38.6 Å². The van der Waals surface area contributed by atoms with Crippen LogP contribution >= 0.6 is 0 Å². The smallest absolute Gasteiger partial charge is 0.144 e. The first-order valence-corrected chi connectivity index (χ1v) is 6.12. The molecule has 0 aromatic heterocycles. The molecule has 1 aromatic rings. The van der Waals surface area contributed by atoms with E-state index in [4.69, 9.17) is 16.2 Å². The molecule has 0 amide bonds. The first-order valence-electron chi connectivity index (χ1n) is 6.12. The lowest BCUT2D eigenvalue weighted by Crippen LogP contribution is -3.00. The Morgan fingerprint density at radius 1 is 1.16 bits per heavy atom. The Morgan fingerprint density at radius 3 is 2.26 bits per heavy atom. The molecular weight excluding hydrogens is 266 g/mol. The van der Waals surface area contributed by atoms with E-state index in [1.807, 2.05) is 0 Å². The molecule has 0 spiro atoms. The quantitative estimate of drug-likeness (QED) is 0.464. The van der Waals surface area contributed by atoms with Gasteiger partial charge >= 0.3 is 0 Å². The summed E-state index contributed by atoms with van der Waals surface area (Å²) < 4.78 is 6.70. The van der Waals surface area contributed by atoms with E-state index in [2.05, 4.69) is 20.9 Å². The number of hydrogen-bond acceptors (Lipinski definition) is 3. The highest BCUT2D eigenvalue weighted by atomic mass is 35.5. The lowest BCUT2D eigenvalue weighted by atomic mass is 10.2. The fraction of sp³-hybridized carbons (Fsp3) is 0.538. The minimum Gasteiger partial charge on any atom is -1.00 e. The molecule has 6 N–H and O–H groups in total. The highest BCUT2D eigenvalue weighted by Crippen LogP contribution is 2.23. The van der Waals surface area contributed by atoms with E-state index in [1.165, 1.54) is 0 Å². The molecule has 0 atom stereocenters. The minimum atomic E-state index is 0. The zero-order chi connectivity index (χ0) is 12.9. The third-order valence-corrected chi connectivity index (χ3v) is 3.45.